The van der Waals surface area contributed by atoms with Crippen LogP contribution in [0.4, 0.5) is 4.39 Å². The Hall–Kier alpha value is -2.74. The summed E-state index contributed by atoms with van der Waals surface area (Å²) in [7, 11) is 0. The summed E-state index contributed by atoms with van der Waals surface area (Å²) in [5.41, 5.74) is 5.71. The van der Waals surface area contributed by atoms with Crippen LogP contribution in [0.2, 0.25) is 0 Å². The first kappa shape index (κ1) is 12.3. The van der Waals surface area contributed by atoms with Crippen LogP contribution in [0.15, 0.2) is 35.4 Å². The number of hydrogen-bond acceptors (Lipinski definition) is 5. The Morgan fingerprint density at radius 1 is 1.45 bits per heavy atom. The van der Waals surface area contributed by atoms with Crippen LogP contribution >= 0.6 is 0 Å². The third-order valence-electron chi connectivity index (χ3n) is 2.78. The van der Waals surface area contributed by atoms with Gasteiger partial charge in [0.05, 0.1) is 0 Å². The van der Waals surface area contributed by atoms with E-state index in [1.807, 2.05) is 0 Å². The normalized spacial score (nSPS) is 10.9. The second kappa shape index (κ2) is 4.74. The van der Waals surface area contributed by atoms with Crippen LogP contribution in [0, 0.1) is 5.82 Å². The highest BCUT2D eigenvalue weighted by molar-refractivity contribution is 5.42. The second-order valence-electron chi connectivity index (χ2n) is 4.01. The number of nitrogens with two attached hydrogens (primary N) is 1. The molecule has 8 heteroatoms. The molecule has 3 N–H and O–H groups in total. The van der Waals surface area contributed by atoms with Gasteiger partial charge in [0, 0.05) is 18.2 Å². The van der Waals surface area contributed by atoms with E-state index in [-0.39, 0.29) is 23.7 Å². The topological polar surface area (TPSA) is 98.3 Å². The molecular weight excluding hydrogens is 265 g/mol. The molecule has 0 aliphatic heterocycles. The van der Waals surface area contributed by atoms with Gasteiger partial charge < -0.3 is 10.5 Å². The first-order valence-electron chi connectivity index (χ1n) is 5.77. The van der Waals surface area contributed by atoms with E-state index in [0.29, 0.717) is 5.65 Å². The maximum absolute atomic E-state index is 13.6. The maximum atomic E-state index is 13.6. The van der Waals surface area contributed by atoms with E-state index >= 15 is 0 Å². The van der Waals surface area contributed by atoms with Crippen LogP contribution in [0.3, 0.4) is 0 Å². The molecule has 0 amide bonds. The molecule has 0 aliphatic rings. The molecule has 1 aromatic carbocycles. The zero-order chi connectivity index (χ0) is 14.1. The molecule has 0 spiro atoms. The fourth-order valence-corrected chi connectivity index (χ4v) is 1.79. The Morgan fingerprint density at radius 2 is 2.30 bits per heavy atom. The van der Waals surface area contributed by atoms with Crippen LogP contribution in [0.5, 0.6) is 11.6 Å². The van der Waals surface area contributed by atoms with Gasteiger partial charge in [0.1, 0.15) is 17.9 Å². The molecule has 0 unspecified atom stereocenters. The average molecular weight is 275 g/mol. The molecule has 0 fully saturated rings. The number of H-pyrrole nitrogens is 1. The summed E-state index contributed by atoms with van der Waals surface area (Å²) in [6, 6.07) is 5.87. The maximum Gasteiger partial charge on any atom is 0.348 e. The van der Waals surface area contributed by atoms with E-state index < -0.39 is 11.5 Å². The third-order valence-corrected chi connectivity index (χ3v) is 2.78. The molecule has 0 radical (unpaired) electrons. The summed E-state index contributed by atoms with van der Waals surface area (Å²) in [5.74, 6) is 0.0288. The lowest BCUT2D eigenvalue weighted by Crippen LogP contribution is -2.09. The van der Waals surface area contributed by atoms with E-state index in [1.54, 1.807) is 6.07 Å². The van der Waals surface area contributed by atoms with Gasteiger partial charge in [0.2, 0.25) is 5.88 Å². The molecule has 0 bridgehead atoms. The quantitative estimate of drug-likeness (QED) is 0.737. The highest BCUT2D eigenvalue weighted by Gasteiger charge is 2.10. The van der Waals surface area contributed by atoms with Gasteiger partial charge in [-0.25, -0.2) is 23.7 Å². The average Bonchev–Trinajstić information content (AvgIpc) is 2.80. The molecular formula is C12H10FN5O2. The first-order chi connectivity index (χ1) is 9.69. The highest BCUT2D eigenvalue weighted by atomic mass is 19.1. The van der Waals surface area contributed by atoms with Crippen molar-refractivity contribution in [3.8, 4) is 11.6 Å². The minimum Gasteiger partial charge on any atom is -0.438 e. The number of aromatic nitrogens is 4. The molecule has 7 nitrogen and oxygen atoms in total. The minimum absolute atomic E-state index is 0.00607. The molecule has 102 valence electrons. The van der Waals surface area contributed by atoms with Gasteiger partial charge in [-0.2, -0.15) is 5.10 Å². The number of fused-ring (bicyclic) bond motifs is 1. The van der Waals surface area contributed by atoms with E-state index in [9.17, 15) is 9.18 Å². The Morgan fingerprint density at radius 3 is 3.10 bits per heavy atom. The molecule has 0 saturated heterocycles. The predicted octanol–water partition coefficient (Wildman–Crippen LogP) is 0.808. The van der Waals surface area contributed by atoms with Crippen molar-refractivity contribution in [3.63, 3.8) is 0 Å². The van der Waals surface area contributed by atoms with Crippen molar-refractivity contribution in [2.24, 2.45) is 5.73 Å². The zero-order valence-corrected chi connectivity index (χ0v) is 10.2. The molecule has 0 aliphatic carbocycles. The fourth-order valence-electron chi connectivity index (χ4n) is 1.79. The Labute approximate surface area is 111 Å². The number of halogens is 1. The van der Waals surface area contributed by atoms with Gasteiger partial charge in [-0.3, -0.25) is 0 Å². The molecule has 3 rings (SSSR count). The van der Waals surface area contributed by atoms with Crippen molar-refractivity contribution < 1.29 is 9.13 Å². The number of aromatic amines is 1. The number of hydrogen-bond donors (Lipinski definition) is 2. The van der Waals surface area contributed by atoms with Crippen molar-refractivity contribution in [2.75, 3.05) is 0 Å². The van der Waals surface area contributed by atoms with Crippen LogP contribution < -0.4 is 16.2 Å². The molecule has 2 heterocycles. The fraction of sp³-hybridized carbons (Fsp3) is 0.0833. The summed E-state index contributed by atoms with van der Waals surface area (Å²) >= 11 is 0. The second-order valence-corrected chi connectivity index (χ2v) is 4.01. The molecule has 3 aromatic rings. The summed E-state index contributed by atoms with van der Waals surface area (Å²) in [4.78, 5) is 15.2. The Balaban J connectivity index is 2.01. The third kappa shape index (κ3) is 2.01. The monoisotopic (exact) mass is 275 g/mol. The molecule has 0 atom stereocenters. The minimum atomic E-state index is -0.443. The number of nitrogens with zero attached hydrogens (tertiary/aromatic N) is 3. The predicted molar refractivity (Wildman–Crippen MR) is 68.0 cm³/mol. The van der Waals surface area contributed by atoms with Gasteiger partial charge in [0.25, 0.3) is 0 Å². The lowest BCUT2D eigenvalue weighted by Gasteiger charge is -2.09. The van der Waals surface area contributed by atoms with E-state index in [1.165, 1.54) is 28.9 Å². The van der Waals surface area contributed by atoms with Crippen LogP contribution in [0.25, 0.3) is 5.65 Å². The summed E-state index contributed by atoms with van der Waals surface area (Å²) < 4.78 is 20.3. The van der Waals surface area contributed by atoms with Crippen LogP contribution in [-0.4, -0.2) is 19.6 Å². The van der Waals surface area contributed by atoms with Crippen molar-refractivity contribution in [1.29, 1.82) is 0 Å². The van der Waals surface area contributed by atoms with Gasteiger partial charge in [0.15, 0.2) is 5.65 Å². The SMILES string of the molecule is NCc1c(F)cccc1Oc1cc2n[nH]c(=O)n2cn1. The van der Waals surface area contributed by atoms with Crippen molar-refractivity contribution in [2.45, 2.75) is 6.54 Å². The zero-order valence-electron chi connectivity index (χ0n) is 10.2. The molecule has 20 heavy (non-hydrogen) atoms. The summed E-state index contributed by atoms with van der Waals surface area (Å²) in [6.45, 7) is 0.00607. The van der Waals surface area contributed by atoms with Crippen LogP contribution in [-0.2, 0) is 6.54 Å². The summed E-state index contributed by atoms with van der Waals surface area (Å²) in [6.07, 6.45) is 1.28. The Kier molecular flexibility index (Phi) is 2.92. The molecule has 2 aromatic heterocycles. The van der Waals surface area contributed by atoms with Crippen molar-refractivity contribution >= 4 is 5.65 Å². The van der Waals surface area contributed by atoms with Crippen molar-refractivity contribution in [3.05, 3.63) is 52.5 Å². The van der Waals surface area contributed by atoms with E-state index in [2.05, 4.69) is 15.2 Å². The number of ether oxygens (including phenoxy) is 1. The van der Waals surface area contributed by atoms with Crippen molar-refractivity contribution in [1.82, 2.24) is 19.6 Å². The Bertz CT molecular complexity index is 826. The first-order valence-corrected chi connectivity index (χ1v) is 5.77. The number of benzene rings is 1. The van der Waals surface area contributed by atoms with Gasteiger partial charge >= 0.3 is 5.69 Å². The largest absolute Gasteiger partial charge is 0.438 e. The van der Waals surface area contributed by atoms with E-state index in [0.717, 1.165) is 0 Å². The van der Waals surface area contributed by atoms with Crippen LogP contribution in [0.1, 0.15) is 5.56 Å². The highest BCUT2D eigenvalue weighted by Crippen LogP contribution is 2.25. The number of rotatable bonds is 3. The van der Waals surface area contributed by atoms with Gasteiger partial charge in [-0.1, -0.05) is 6.07 Å². The van der Waals surface area contributed by atoms with E-state index in [4.69, 9.17) is 10.5 Å². The lowest BCUT2D eigenvalue weighted by molar-refractivity contribution is 0.449. The standard InChI is InChI=1S/C12H10FN5O2/c13-8-2-1-3-9(7(8)5-14)20-11-4-10-16-17-12(19)18(10)6-15-11/h1-4,6H,5,14H2,(H,17,19). The summed E-state index contributed by atoms with van der Waals surface area (Å²) in [5, 5.41) is 6.07. The lowest BCUT2D eigenvalue weighted by atomic mass is 10.2. The van der Waals surface area contributed by atoms with Gasteiger partial charge in [-0.15, -0.1) is 0 Å². The van der Waals surface area contributed by atoms with Gasteiger partial charge in [-0.05, 0) is 12.1 Å². The molecule has 0 saturated carbocycles. The number of nitrogens with one attached hydrogen (secondary N) is 1. The smallest absolute Gasteiger partial charge is 0.348 e.